The van der Waals surface area contributed by atoms with E-state index in [1.807, 2.05) is 18.2 Å². The summed E-state index contributed by atoms with van der Waals surface area (Å²) in [6.07, 6.45) is 8.67. The quantitative estimate of drug-likeness (QED) is 0.782. The molecule has 3 aromatic rings. The van der Waals surface area contributed by atoms with Crippen LogP contribution in [0, 0.1) is 0 Å². The molecule has 6 heteroatoms. The van der Waals surface area contributed by atoms with Crippen molar-refractivity contribution in [2.75, 3.05) is 0 Å². The summed E-state index contributed by atoms with van der Waals surface area (Å²) >= 11 is 0. The van der Waals surface area contributed by atoms with Gasteiger partial charge in [-0.05, 0) is 18.4 Å². The van der Waals surface area contributed by atoms with Crippen LogP contribution in [0.3, 0.4) is 0 Å². The van der Waals surface area contributed by atoms with Crippen molar-refractivity contribution >= 4 is 17.1 Å². The zero-order valence-electron chi connectivity index (χ0n) is 14.3. The number of carboxylic acids is 1. The third kappa shape index (κ3) is 2.67. The van der Waals surface area contributed by atoms with Gasteiger partial charge < -0.3 is 9.67 Å². The van der Waals surface area contributed by atoms with Crippen molar-refractivity contribution in [1.29, 1.82) is 0 Å². The van der Waals surface area contributed by atoms with Gasteiger partial charge >= 0.3 is 5.97 Å². The molecular formula is C20H19N3O3. The summed E-state index contributed by atoms with van der Waals surface area (Å²) in [6, 6.07) is 10.3. The lowest BCUT2D eigenvalue weighted by Gasteiger charge is -2.31. The summed E-state index contributed by atoms with van der Waals surface area (Å²) in [5.41, 5.74) is 0.843. The number of benzene rings is 1. The van der Waals surface area contributed by atoms with Crippen LogP contribution in [0.2, 0.25) is 0 Å². The molecule has 6 nitrogen and oxygen atoms in total. The second-order valence-electron chi connectivity index (χ2n) is 6.89. The molecule has 0 amide bonds. The van der Waals surface area contributed by atoms with Crippen LogP contribution in [0.25, 0.3) is 11.2 Å². The molecule has 0 saturated heterocycles. The van der Waals surface area contributed by atoms with E-state index in [9.17, 15) is 14.7 Å². The first-order valence-electron chi connectivity index (χ1n) is 8.74. The molecule has 26 heavy (non-hydrogen) atoms. The number of aromatic nitrogens is 3. The molecule has 0 unspecified atom stereocenters. The highest BCUT2D eigenvalue weighted by molar-refractivity contribution is 5.90. The number of carbonyl (C=O) groups is 1. The molecule has 132 valence electrons. The summed E-state index contributed by atoms with van der Waals surface area (Å²) in [7, 11) is 0. The Bertz CT molecular complexity index is 1020. The number of carboxylic acid groups (broad SMARTS) is 1. The van der Waals surface area contributed by atoms with Crippen LogP contribution in [-0.4, -0.2) is 25.6 Å². The van der Waals surface area contributed by atoms with Crippen molar-refractivity contribution in [3.05, 3.63) is 70.3 Å². The van der Waals surface area contributed by atoms with E-state index in [4.69, 9.17) is 0 Å². The standard InChI is InChI=1S/C20H19N3O3/c24-17-15(19(25)26)12-23(18-16(17)21-10-11-22-18)13-20(8-4-5-9-20)14-6-2-1-3-7-14/h1-3,6-7,10-12H,4-5,8-9,13H2,(H,25,26). The fraction of sp³-hybridized carbons (Fsp3) is 0.300. The average Bonchev–Trinajstić information content (AvgIpc) is 3.14. The minimum Gasteiger partial charge on any atom is -0.477 e. The van der Waals surface area contributed by atoms with Gasteiger partial charge in [-0.1, -0.05) is 43.2 Å². The second-order valence-corrected chi connectivity index (χ2v) is 6.89. The molecule has 1 aliphatic carbocycles. The molecule has 0 aliphatic heterocycles. The van der Waals surface area contributed by atoms with Crippen LogP contribution in [0.1, 0.15) is 41.6 Å². The number of hydrogen-bond acceptors (Lipinski definition) is 4. The minimum absolute atomic E-state index is 0.0868. The van der Waals surface area contributed by atoms with E-state index >= 15 is 0 Å². The number of rotatable bonds is 4. The molecule has 1 aromatic carbocycles. The van der Waals surface area contributed by atoms with Gasteiger partial charge in [0.1, 0.15) is 5.56 Å². The maximum atomic E-state index is 12.4. The minimum atomic E-state index is -1.24. The first-order chi connectivity index (χ1) is 12.6. The monoisotopic (exact) mass is 349 g/mol. The number of fused-ring (bicyclic) bond motifs is 1. The highest BCUT2D eigenvalue weighted by Gasteiger charge is 2.36. The van der Waals surface area contributed by atoms with Gasteiger partial charge in [-0.15, -0.1) is 0 Å². The number of nitrogens with zero attached hydrogens (tertiary/aromatic N) is 3. The molecule has 1 N–H and O–H groups in total. The summed E-state index contributed by atoms with van der Waals surface area (Å²) in [6.45, 7) is 0.576. The van der Waals surface area contributed by atoms with Gasteiger partial charge in [-0.3, -0.25) is 4.79 Å². The normalized spacial score (nSPS) is 16.0. The molecule has 1 fully saturated rings. The van der Waals surface area contributed by atoms with E-state index in [1.54, 1.807) is 4.57 Å². The predicted molar refractivity (Wildman–Crippen MR) is 97.3 cm³/mol. The third-order valence-electron chi connectivity index (χ3n) is 5.35. The van der Waals surface area contributed by atoms with Crippen molar-refractivity contribution in [1.82, 2.24) is 14.5 Å². The van der Waals surface area contributed by atoms with Crippen molar-refractivity contribution in [3.8, 4) is 0 Å². The topological polar surface area (TPSA) is 85.1 Å². The van der Waals surface area contributed by atoms with Crippen LogP contribution in [0.5, 0.6) is 0 Å². The molecule has 0 bridgehead atoms. The van der Waals surface area contributed by atoms with Crippen molar-refractivity contribution < 1.29 is 9.90 Å². The van der Waals surface area contributed by atoms with Crippen LogP contribution in [0.4, 0.5) is 0 Å². The largest absolute Gasteiger partial charge is 0.477 e. The molecule has 1 saturated carbocycles. The first-order valence-corrected chi connectivity index (χ1v) is 8.74. The van der Waals surface area contributed by atoms with Gasteiger partial charge in [0, 0.05) is 30.6 Å². The Hall–Kier alpha value is -3.02. The molecule has 2 aromatic heterocycles. The van der Waals surface area contributed by atoms with Crippen molar-refractivity contribution in [2.45, 2.75) is 37.6 Å². The Kier molecular flexibility index (Phi) is 4.03. The number of pyridine rings is 1. The zero-order valence-corrected chi connectivity index (χ0v) is 14.3. The van der Waals surface area contributed by atoms with Gasteiger partial charge in [-0.25, -0.2) is 14.8 Å². The van der Waals surface area contributed by atoms with E-state index in [2.05, 4.69) is 22.1 Å². The smallest absolute Gasteiger partial charge is 0.341 e. The van der Waals surface area contributed by atoms with Crippen LogP contribution in [0.15, 0.2) is 53.7 Å². The lowest BCUT2D eigenvalue weighted by Crippen LogP contribution is -2.31. The van der Waals surface area contributed by atoms with E-state index < -0.39 is 11.4 Å². The summed E-state index contributed by atoms with van der Waals surface area (Å²) < 4.78 is 1.80. The van der Waals surface area contributed by atoms with Crippen molar-refractivity contribution in [3.63, 3.8) is 0 Å². The summed E-state index contributed by atoms with van der Waals surface area (Å²) in [5.74, 6) is -1.24. The molecule has 4 rings (SSSR count). The van der Waals surface area contributed by atoms with E-state index in [0.717, 1.165) is 25.7 Å². The Balaban J connectivity index is 1.90. The molecule has 1 aliphatic rings. The van der Waals surface area contributed by atoms with Gasteiger partial charge in [-0.2, -0.15) is 0 Å². The Labute approximate surface area is 150 Å². The summed E-state index contributed by atoms with van der Waals surface area (Å²) in [4.78, 5) is 32.4. The molecule has 2 heterocycles. The van der Waals surface area contributed by atoms with E-state index in [0.29, 0.717) is 12.2 Å². The lowest BCUT2D eigenvalue weighted by atomic mass is 9.78. The van der Waals surface area contributed by atoms with Crippen LogP contribution < -0.4 is 5.43 Å². The van der Waals surface area contributed by atoms with Crippen molar-refractivity contribution in [2.24, 2.45) is 0 Å². The Morgan fingerprint density at radius 1 is 1.12 bits per heavy atom. The highest BCUT2D eigenvalue weighted by Crippen LogP contribution is 2.42. The molecule has 0 atom stereocenters. The Morgan fingerprint density at radius 2 is 1.81 bits per heavy atom. The highest BCUT2D eigenvalue weighted by atomic mass is 16.4. The van der Waals surface area contributed by atoms with Gasteiger partial charge in [0.25, 0.3) is 0 Å². The number of hydrogen-bond donors (Lipinski definition) is 1. The third-order valence-corrected chi connectivity index (χ3v) is 5.35. The molecule has 0 spiro atoms. The lowest BCUT2D eigenvalue weighted by molar-refractivity contribution is 0.0694. The zero-order chi connectivity index (χ0) is 18.1. The second kappa shape index (κ2) is 6.37. The fourth-order valence-electron chi connectivity index (χ4n) is 4.08. The van der Waals surface area contributed by atoms with Crippen LogP contribution >= 0.6 is 0 Å². The van der Waals surface area contributed by atoms with E-state index in [1.165, 1.54) is 24.2 Å². The SMILES string of the molecule is O=C(O)c1cn(CC2(c3ccccc3)CCCC2)c2nccnc2c1=O. The average molecular weight is 349 g/mol. The Morgan fingerprint density at radius 3 is 2.50 bits per heavy atom. The van der Waals surface area contributed by atoms with Gasteiger partial charge in [0.2, 0.25) is 5.43 Å². The predicted octanol–water partition coefficient (Wildman–Crippen LogP) is 3.00. The van der Waals surface area contributed by atoms with Gasteiger partial charge in [0.15, 0.2) is 11.2 Å². The summed E-state index contributed by atoms with van der Waals surface area (Å²) in [5, 5.41) is 9.43. The first kappa shape index (κ1) is 16.4. The van der Waals surface area contributed by atoms with Gasteiger partial charge in [0.05, 0.1) is 0 Å². The molecular weight excluding hydrogens is 330 g/mol. The maximum absolute atomic E-state index is 12.4. The van der Waals surface area contributed by atoms with E-state index in [-0.39, 0.29) is 16.5 Å². The maximum Gasteiger partial charge on any atom is 0.341 e. The van der Waals surface area contributed by atoms with Crippen LogP contribution in [-0.2, 0) is 12.0 Å². The molecule has 0 radical (unpaired) electrons. The number of aromatic carboxylic acids is 1. The fourth-order valence-corrected chi connectivity index (χ4v) is 4.08.